The number of aromatic nitrogens is 2. The van der Waals surface area contributed by atoms with E-state index < -0.39 is 0 Å². The van der Waals surface area contributed by atoms with E-state index in [2.05, 4.69) is 73.9 Å². The van der Waals surface area contributed by atoms with Gasteiger partial charge in [0.1, 0.15) is 5.82 Å². The topological polar surface area (TPSA) is 17.8 Å². The van der Waals surface area contributed by atoms with E-state index in [1.54, 1.807) is 0 Å². The van der Waals surface area contributed by atoms with Crippen molar-refractivity contribution in [1.29, 1.82) is 0 Å². The lowest BCUT2D eigenvalue weighted by Gasteiger charge is -2.23. The molecule has 1 aliphatic rings. The Bertz CT molecular complexity index is 913. The first kappa shape index (κ1) is 20.2. The Kier molecular flexibility index (Phi) is 6.37. The number of fused-ring (bicyclic) bond motifs is 1. The molecule has 1 heterocycles. The Labute approximate surface area is 176 Å². The number of rotatable bonds is 7. The van der Waals surface area contributed by atoms with E-state index in [9.17, 15) is 0 Å². The number of hydrogen-bond acceptors (Lipinski definition) is 1. The fourth-order valence-corrected chi connectivity index (χ4v) is 5.01. The lowest BCUT2D eigenvalue weighted by molar-refractivity contribution is 0.323. The van der Waals surface area contributed by atoms with Crippen LogP contribution in [0, 0.1) is 11.8 Å². The summed E-state index contributed by atoms with van der Waals surface area (Å²) in [5, 5.41) is 0. The summed E-state index contributed by atoms with van der Waals surface area (Å²) in [6, 6.07) is 17.9. The maximum atomic E-state index is 5.09. The monoisotopic (exact) mass is 388 g/mol. The van der Waals surface area contributed by atoms with Crippen LogP contribution in [0.1, 0.15) is 82.2 Å². The Hall–Kier alpha value is -2.09. The molecule has 154 valence electrons. The highest BCUT2D eigenvalue weighted by molar-refractivity contribution is 5.76. The van der Waals surface area contributed by atoms with E-state index >= 15 is 0 Å². The lowest BCUT2D eigenvalue weighted by atomic mass is 9.87. The Morgan fingerprint density at radius 1 is 0.931 bits per heavy atom. The number of hydrogen-bond donors (Lipinski definition) is 0. The maximum absolute atomic E-state index is 5.09. The zero-order valence-corrected chi connectivity index (χ0v) is 18.4. The molecular weight excluding hydrogens is 352 g/mol. The molecule has 0 amide bonds. The molecule has 2 nitrogen and oxygen atoms in total. The van der Waals surface area contributed by atoms with Crippen LogP contribution < -0.4 is 0 Å². The molecule has 1 saturated carbocycles. The van der Waals surface area contributed by atoms with Gasteiger partial charge in [0, 0.05) is 12.5 Å². The standard InChI is InChI=1S/C27H36N2/c1-20(2)19-23-13-15-24(16-14-23)21(3)27-28-25-11-7-8-12-26(25)29(27)18-17-22-9-5-4-6-10-22/h7-8,11-16,20-22H,4-6,9-10,17-19H2,1-3H3/t21-/m1/s1. The van der Waals surface area contributed by atoms with Gasteiger partial charge in [0.25, 0.3) is 0 Å². The fourth-order valence-electron chi connectivity index (χ4n) is 5.01. The molecular formula is C27H36N2. The Morgan fingerprint density at radius 2 is 1.66 bits per heavy atom. The van der Waals surface area contributed by atoms with Gasteiger partial charge in [-0.2, -0.15) is 0 Å². The average Bonchev–Trinajstić information content (AvgIpc) is 3.11. The molecule has 2 heteroatoms. The smallest absolute Gasteiger partial charge is 0.117 e. The lowest BCUT2D eigenvalue weighted by Crippen LogP contribution is -2.13. The van der Waals surface area contributed by atoms with Gasteiger partial charge in [0.2, 0.25) is 0 Å². The van der Waals surface area contributed by atoms with Crippen LogP contribution in [0.25, 0.3) is 11.0 Å². The van der Waals surface area contributed by atoms with Crippen LogP contribution in [0.2, 0.25) is 0 Å². The van der Waals surface area contributed by atoms with E-state index in [-0.39, 0.29) is 0 Å². The minimum atomic E-state index is 0.307. The quantitative estimate of drug-likeness (QED) is 0.413. The number of para-hydroxylation sites is 2. The SMILES string of the molecule is CC(C)Cc1ccc([C@@H](C)c2nc3ccccc3n2CCC2CCCCC2)cc1. The van der Waals surface area contributed by atoms with Crippen molar-refractivity contribution in [3.8, 4) is 0 Å². The molecule has 1 fully saturated rings. The van der Waals surface area contributed by atoms with Crippen molar-refractivity contribution in [3.05, 3.63) is 65.5 Å². The van der Waals surface area contributed by atoms with Crippen LogP contribution in [-0.2, 0) is 13.0 Å². The second-order valence-corrected chi connectivity index (χ2v) is 9.46. The minimum absolute atomic E-state index is 0.307. The van der Waals surface area contributed by atoms with Crippen LogP contribution in [0.15, 0.2) is 48.5 Å². The highest BCUT2D eigenvalue weighted by Crippen LogP contribution is 2.31. The van der Waals surface area contributed by atoms with Crippen molar-refractivity contribution in [2.45, 2.75) is 78.2 Å². The summed E-state index contributed by atoms with van der Waals surface area (Å²) in [6.07, 6.45) is 9.52. The molecule has 0 radical (unpaired) electrons. The molecule has 0 aliphatic heterocycles. The fraction of sp³-hybridized carbons (Fsp3) is 0.519. The van der Waals surface area contributed by atoms with Gasteiger partial charge < -0.3 is 4.57 Å². The first-order valence-electron chi connectivity index (χ1n) is 11.7. The molecule has 1 atom stereocenters. The average molecular weight is 389 g/mol. The summed E-state index contributed by atoms with van der Waals surface area (Å²) in [5.41, 5.74) is 5.23. The third-order valence-electron chi connectivity index (χ3n) is 6.68. The van der Waals surface area contributed by atoms with Crippen molar-refractivity contribution >= 4 is 11.0 Å². The molecule has 0 spiro atoms. The Balaban J connectivity index is 1.59. The van der Waals surface area contributed by atoms with Gasteiger partial charge in [0.05, 0.1) is 11.0 Å². The maximum Gasteiger partial charge on any atom is 0.117 e. The van der Waals surface area contributed by atoms with Gasteiger partial charge in [-0.3, -0.25) is 0 Å². The molecule has 0 saturated heterocycles. The molecule has 29 heavy (non-hydrogen) atoms. The summed E-state index contributed by atoms with van der Waals surface area (Å²) < 4.78 is 2.51. The second kappa shape index (κ2) is 9.15. The van der Waals surface area contributed by atoms with Crippen LogP contribution in [0.4, 0.5) is 0 Å². The van der Waals surface area contributed by atoms with Gasteiger partial charge in [0.15, 0.2) is 0 Å². The summed E-state index contributed by atoms with van der Waals surface area (Å²) in [5.74, 6) is 3.12. The summed E-state index contributed by atoms with van der Waals surface area (Å²) >= 11 is 0. The van der Waals surface area contributed by atoms with Crippen molar-refractivity contribution in [3.63, 3.8) is 0 Å². The first-order chi connectivity index (χ1) is 14.1. The van der Waals surface area contributed by atoms with Gasteiger partial charge >= 0.3 is 0 Å². The predicted octanol–water partition coefficient (Wildman–Crippen LogP) is 7.36. The van der Waals surface area contributed by atoms with Gasteiger partial charge in [-0.05, 0) is 47.9 Å². The van der Waals surface area contributed by atoms with Crippen LogP contribution in [-0.4, -0.2) is 9.55 Å². The highest BCUT2D eigenvalue weighted by atomic mass is 15.1. The minimum Gasteiger partial charge on any atom is -0.327 e. The molecule has 4 rings (SSSR count). The highest BCUT2D eigenvalue weighted by Gasteiger charge is 2.20. The summed E-state index contributed by atoms with van der Waals surface area (Å²) in [4.78, 5) is 5.09. The van der Waals surface area contributed by atoms with E-state index in [0.29, 0.717) is 11.8 Å². The van der Waals surface area contributed by atoms with E-state index in [1.165, 1.54) is 61.0 Å². The van der Waals surface area contributed by atoms with Crippen molar-refractivity contribution in [1.82, 2.24) is 9.55 Å². The Morgan fingerprint density at radius 3 is 2.38 bits per heavy atom. The number of aryl methyl sites for hydroxylation is 1. The molecule has 0 bridgehead atoms. The number of benzene rings is 2. The van der Waals surface area contributed by atoms with Gasteiger partial charge in [-0.25, -0.2) is 4.98 Å². The van der Waals surface area contributed by atoms with Crippen LogP contribution in [0.3, 0.4) is 0 Å². The van der Waals surface area contributed by atoms with Gasteiger partial charge in [-0.1, -0.05) is 89.3 Å². The zero-order chi connectivity index (χ0) is 20.2. The summed E-state index contributed by atoms with van der Waals surface area (Å²) in [6.45, 7) is 7.97. The van der Waals surface area contributed by atoms with Crippen molar-refractivity contribution in [2.24, 2.45) is 11.8 Å². The normalized spacial score (nSPS) is 16.6. The molecule has 0 N–H and O–H groups in total. The third-order valence-corrected chi connectivity index (χ3v) is 6.68. The third kappa shape index (κ3) is 4.74. The van der Waals surface area contributed by atoms with Crippen LogP contribution >= 0.6 is 0 Å². The van der Waals surface area contributed by atoms with Gasteiger partial charge in [-0.15, -0.1) is 0 Å². The first-order valence-corrected chi connectivity index (χ1v) is 11.7. The zero-order valence-electron chi connectivity index (χ0n) is 18.4. The second-order valence-electron chi connectivity index (χ2n) is 9.46. The molecule has 3 aromatic rings. The van der Waals surface area contributed by atoms with Crippen molar-refractivity contribution < 1.29 is 0 Å². The van der Waals surface area contributed by atoms with E-state index in [0.717, 1.165) is 24.4 Å². The summed E-state index contributed by atoms with van der Waals surface area (Å²) in [7, 11) is 0. The largest absolute Gasteiger partial charge is 0.327 e. The predicted molar refractivity (Wildman–Crippen MR) is 123 cm³/mol. The van der Waals surface area contributed by atoms with E-state index in [4.69, 9.17) is 4.98 Å². The van der Waals surface area contributed by atoms with Crippen molar-refractivity contribution in [2.75, 3.05) is 0 Å². The number of imidazole rings is 1. The molecule has 0 unspecified atom stereocenters. The molecule has 1 aliphatic carbocycles. The molecule has 1 aromatic heterocycles. The molecule has 2 aromatic carbocycles. The van der Waals surface area contributed by atoms with E-state index in [1.807, 2.05) is 0 Å². The van der Waals surface area contributed by atoms with Crippen LogP contribution in [0.5, 0.6) is 0 Å². The number of nitrogens with zero attached hydrogens (tertiary/aromatic N) is 2.